The van der Waals surface area contributed by atoms with E-state index >= 15 is 0 Å². The Morgan fingerprint density at radius 1 is 1.50 bits per heavy atom. The van der Waals surface area contributed by atoms with Crippen LogP contribution in [0.2, 0.25) is 0 Å². The quantitative estimate of drug-likeness (QED) is 0.664. The zero-order valence-corrected chi connectivity index (χ0v) is 12.4. The molecule has 1 aliphatic heterocycles. The van der Waals surface area contributed by atoms with Crippen molar-refractivity contribution in [1.29, 1.82) is 0 Å². The third-order valence-corrected chi connectivity index (χ3v) is 4.04. The largest absolute Gasteiger partial charge is 0.385 e. The van der Waals surface area contributed by atoms with Crippen LogP contribution in [0.5, 0.6) is 0 Å². The Balaban J connectivity index is 1.89. The molecule has 1 unspecified atom stereocenters. The number of likely N-dealkylation sites (tertiary alicyclic amines) is 1. The molecule has 1 N–H and O–H groups in total. The molecular weight excluding hydrogens is 254 g/mol. The number of hydrogen-bond acceptors (Lipinski definition) is 4. The van der Waals surface area contributed by atoms with Gasteiger partial charge in [0.2, 0.25) is 0 Å². The number of rotatable bonds is 5. The Hall–Kier alpha value is -1.62. The number of nitro groups is 1. The van der Waals surface area contributed by atoms with E-state index in [0.29, 0.717) is 17.5 Å². The van der Waals surface area contributed by atoms with E-state index in [9.17, 15) is 10.1 Å². The highest BCUT2D eigenvalue weighted by molar-refractivity contribution is 5.53. The summed E-state index contributed by atoms with van der Waals surface area (Å²) in [5.74, 6) is 0.660. The number of nitro benzene ring substituents is 1. The van der Waals surface area contributed by atoms with E-state index in [1.807, 2.05) is 6.07 Å². The van der Waals surface area contributed by atoms with Gasteiger partial charge >= 0.3 is 0 Å². The standard InChI is InChI=1S/C15H23N3O2/c1-11(2)17-7-6-13(10-17)9-16-14-4-5-15(18(19)20)12(3)8-14/h4-5,8,11,13,16H,6-7,9-10H2,1-3H3. The highest BCUT2D eigenvalue weighted by Gasteiger charge is 2.23. The molecule has 1 saturated heterocycles. The number of nitrogens with one attached hydrogen (secondary N) is 1. The van der Waals surface area contributed by atoms with Gasteiger partial charge in [0.25, 0.3) is 5.69 Å². The Labute approximate surface area is 120 Å². The average Bonchev–Trinajstić information content (AvgIpc) is 2.85. The van der Waals surface area contributed by atoms with Crippen molar-refractivity contribution in [2.75, 3.05) is 25.0 Å². The van der Waals surface area contributed by atoms with E-state index in [2.05, 4.69) is 24.1 Å². The lowest BCUT2D eigenvalue weighted by molar-refractivity contribution is -0.385. The van der Waals surface area contributed by atoms with E-state index < -0.39 is 0 Å². The predicted octanol–water partition coefficient (Wildman–Crippen LogP) is 3.05. The van der Waals surface area contributed by atoms with Crippen LogP contribution in [0.3, 0.4) is 0 Å². The van der Waals surface area contributed by atoms with Crippen molar-refractivity contribution in [1.82, 2.24) is 4.90 Å². The van der Waals surface area contributed by atoms with Gasteiger partial charge in [-0.25, -0.2) is 0 Å². The Morgan fingerprint density at radius 2 is 2.25 bits per heavy atom. The first-order valence-corrected chi connectivity index (χ1v) is 7.20. The fourth-order valence-corrected chi connectivity index (χ4v) is 2.73. The second-order valence-corrected chi connectivity index (χ2v) is 5.88. The summed E-state index contributed by atoms with van der Waals surface area (Å²) in [6.45, 7) is 9.48. The Kier molecular flexibility index (Phi) is 4.60. The highest BCUT2D eigenvalue weighted by atomic mass is 16.6. The second-order valence-electron chi connectivity index (χ2n) is 5.88. The number of aryl methyl sites for hydroxylation is 1. The molecule has 0 radical (unpaired) electrons. The zero-order chi connectivity index (χ0) is 14.7. The molecule has 0 amide bonds. The van der Waals surface area contributed by atoms with Crippen molar-refractivity contribution in [3.05, 3.63) is 33.9 Å². The maximum atomic E-state index is 10.8. The maximum absolute atomic E-state index is 10.8. The molecule has 1 aliphatic rings. The predicted molar refractivity (Wildman–Crippen MR) is 81.1 cm³/mol. The van der Waals surface area contributed by atoms with Crippen molar-refractivity contribution in [2.24, 2.45) is 5.92 Å². The van der Waals surface area contributed by atoms with E-state index in [1.165, 1.54) is 13.0 Å². The monoisotopic (exact) mass is 277 g/mol. The molecule has 1 heterocycles. The lowest BCUT2D eigenvalue weighted by Gasteiger charge is -2.20. The molecule has 0 aromatic heterocycles. The van der Waals surface area contributed by atoms with Gasteiger partial charge in [0, 0.05) is 36.4 Å². The summed E-state index contributed by atoms with van der Waals surface area (Å²) in [5.41, 5.74) is 1.86. The minimum absolute atomic E-state index is 0.183. The first kappa shape index (κ1) is 14.8. The molecule has 0 bridgehead atoms. The molecule has 1 fully saturated rings. The molecule has 0 aliphatic carbocycles. The number of anilines is 1. The van der Waals surface area contributed by atoms with Crippen LogP contribution in [0.4, 0.5) is 11.4 Å². The lowest BCUT2D eigenvalue weighted by Crippen LogP contribution is -2.29. The van der Waals surface area contributed by atoms with Gasteiger partial charge in [-0.1, -0.05) is 0 Å². The molecule has 5 heteroatoms. The molecule has 20 heavy (non-hydrogen) atoms. The summed E-state index contributed by atoms with van der Waals surface area (Å²) in [7, 11) is 0. The van der Waals surface area contributed by atoms with Crippen LogP contribution in [0, 0.1) is 23.0 Å². The van der Waals surface area contributed by atoms with E-state index in [-0.39, 0.29) is 10.6 Å². The molecule has 2 rings (SSSR count). The Morgan fingerprint density at radius 3 is 2.80 bits per heavy atom. The normalized spacial score (nSPS) is 19.5. The van der Waals surface area contributed by atoms with Crippen molar-refractivity contribution >= 4 is 11.4 Å². The van der Waals surface area contributed by atoms with Gasteiger partial charge in [0.1, 0.15) is 0 Å². The first-order chi connectivity index (χ1) is 9.47. The SMILES string of the molecule is Cc1cc(NCC2CCN(C(C)C)C2)ccc1[N+](=O)[O-]. The topological polar surface area (TPSA) is 58.4 Å². The smallest absolute Gasteiger partial charge is 0.272 e. The molecule has 1 aromatic carbocycles. The fraction of sp³-hybridized carbons (Fsp3) is 0.600. The number of hydrogen-bond donors (Lipinski definition) is 1. The van der Waals surface area contributed by atoms with E-state index in [4.69, 9.17) is 0 Å². The summed E-state index contributed by atoms with van der Waals surface area (Å²) in [5, 5.41) is 14.2. The van der Waals surface area contributed by atoms with Crippen LogP contribution in [0.15, 0.2) is 18.2 Å². The summed E-state index contributed by atoms with van der Waals surface area (Å²) >= 11 is 0. The first-order valence-electron chi connectivity index (χ1n) is 7.20. The van der Waals surface area contributed by atoms with E-state index in [0.717, 1.165) is 18.8 Å². The van der Waals surface area contributed by atoms with Crippen LogP contribution in [0.1, 0.15) is 25.8 Å². The van der Waals surface area contributed by atoms with Crippen molar-refractivity contribution in [2.45, 2.75) is 33.2 Å². The summed E-state index contributed by atoms with van der Waals surface area (Å²) < 4.78 is 0. The average molecular weight is 277 g/mol. The summed E-state index contributed by atoms with van der Waals surface area (Å²) in [6.07, 6.45) is 1.22. The third-order valence-electron chi connectivity index (χ3n) is 4.04. The van der Waals surface area contributed by atoms with E-state index in [1.54, 1.807) is 19.1 Å². The van der Waals surface area contributed by atoms with Gasteiger partial charge < -0.3 is 10.2 Å². The minimum atomic E-state index is -0.337. The molecule has 0 saturated carbocycles. The van der Waals surface area contributed by atoms with Gasteiger partial charge in [-0.2, -0.15) is 0 Å². The summed E-state index contributed by atoms with van der Waals surface area (Å²) in [6, 6.07) is 5.84. The molecular formula is C15H23N3O2. The molecule has 1 atom stereocenters. The summed E-state index contributed by atoms with van der Waals surface area (Å²) in [4.78, 5) is 12.9. The van der Waals surface area contributed by atoms with Crippen LogP contribution in [0.25, 0.3) is 0 Å². The van der Waals surface area contributed by atoms with Gasteiger partial charge in [-0.05, 0) is 51.8 Å². The minimum Gasteiger partial charge on any atom is -0.385 e. The van der Waals surface area contributed by atoms with Gasteiger partial charge in [-0.3, -0.25) is 10.1 Å². The third kappa shape index (κ3) is 3.48. The van der Waals surface area contributed by atoms with Crippen molar-refractivity contribution in [3.8, 4) is 0 Å². The van der Waals surface area contributed by atoms with Crippen LogP contribution in [-0.4, -0.2) is 35.5 Å². The number of benzene rings is 1. The number of nitrogens with zero attached hydrogens (tertiary/aromatic N) is 2. The van der Waals surface area contributed by atoms with Crippen molar-refractivity contribution < 1.29 is 4.92 Å². The van der Waals surface area contributed by atoms with Crippen molar-refractivity contribution in [3.63, 3.8) is 0 Å². The second kappa shape index (κ2) is 6.22. The zero-order valence-electron chi connectivity index (χ0n) is 12.4. The molecule has 1 aromatic rings. The van der Waals surface area contributed by atoms with Crippen LogP contribution in [-0.2, 0) is 0 Å². The van der Waals surface area contributed by atoms with Gasteiger partial charge in [0.05, 0.1) is 4.92 Å². The Bertz CT molecular complexity index is 488. The van der Waals surface area contributed by atoms with Crippen LogP contribution >= 0.6 is 0 Å². The molecule has 110 valence electrons. The van der Waals surface area contributed by atoms with Gasteiger partial charge in [0.15, 0.2) is 0 Å². The lowest BCUT2D eigenvalue weighted by atomic mass is 10.1. The van der Waals surface area contributed by atoms with Gasteiger partial charge in [-0.15, -0.1) is 0 Å². The highest BCUT2D eigenvalue weighted by Crippen LogP contribution is 2.23. The molecule has 5 nitrogen and oxygen atoms in total. The maximum Gasteiger partial charge on any atom is 0.272 e. The molecule has 0 spiro atoms. The fourth-order valence-electron chi connectivity index (χ4n) is 2.73. The van der Waals surface area contributed by atoms with Crippen LogP contribution < -0.4 is 5.32 Å².